The van der Waals surface area contributed by atoms with Gasteiger partial charge >= 0.3 is 0 Å². The molecule has 0 bridgehead atoms. The highest BCUT2D eigenvalue weighted by Gasteiger charge is 2.12. The van der Waals surface area contributed by atoms with Gasteiger partial charge < -0.3 is 10.1 Å². The van der Waals surface area contributed by atoms with E-state index in [4.69, 9.17) is 4.74 Å². The first-order valence-electron chi connectivity index (χ1n) is 5.94. The molecule has 0 amide bonds. The van der Waals surface area contributed by atoms with Gasteiger partial charge in [-0.3, -0.25) is 0 Å². The van der Waals surface area contributed by atoms with Crippen LogP contribution in [0.5, 0.6) is 5.75 Å². The highest BCUT2D eigenvalue weighted by atomic mass is 32.2. The van der Waals surface area contributed by atoms with Gasteiger partial charge in [-0.25, -0.2) is 13.1 Å². The van der Waals surface area contributed by atoms with Crippen LogP contribution in [0, 0.1) is 0 Å². The molecule has 0 unspecified atom stereocenters. The van der Waals surface area contributed by atoms with Crippen molar-refractivity contribution in [2.45, 2.75) is 18.2 Å². The molecule has 102 valence electrons. The van der Waals surface area contributed by atoms with Crippen LogP contribution in [0.1, 0.15) is 13.3 Å². The zero-order valence-corrected chi connectivity index (χ0v) is 11.6. The summed E-state index contributed by atoms with van der Waals surface area (Å²) in [5.74, 6) is 0.638. The average molecular weight is 272 g/mol. The molecule has 0 spiro atoms. The number of ether oxygens (including phenoxy) is 1. The van der Waals surface area contributed by atoms with Crippen LogP contribution in [-0.2, 0) is 10.0 Å². The third kappa shape index (κ3) is 4.64. The molecule has 0 heterocycles. The van der Waals surface area contributed by atoms with E-state index in [9.17, 15) is 8.42 Å². The normalized spacial score (nSPS) is 11.4. The molecule has 0 aliphatic carbocycles. The van der Waals surface area contributed by atoms with E-state index in [1.807, 2.05) is 0 Å². The van der Waals surface area contributed by atoms with E-state index in [-0.39, 0.29) is 4.90 Å². The van der Waals surface area contributed by atoms with E-state index < -0.39 is 10.0 Å². The van der Waals surface area contributed by atoms with Gasteiger partial charge in [-0.1, -0.05) is 6.92 Å². The van der Waals surface area contributed by atoms with Crippen LogP contribution in [0.3, 0.4) is 0 Å². The molecule has 0 saturated heterocycles. The Morgan fingerprint density at radius 3 is 2.33 bits per heavy atom. The van der Waals surface area contributed by atoms with Crippen LogP contribution >= 0.6 is 0 Å². The monoisotopic (exact) mass is 272 g/mol. The number of sulfonamides is 1. The lowest BCUT2D eigenvalue weighted by Crippen LogP contribution is -2.32. The van der Waals surface area contributed by atoms with Gasteiger partial charge in [0, 0.05) is 13.1 Å². The van der Waals surface area contributed by atoms with Crippen LogP contribution in [0.15, 0.2) is 29.2 Å². The predicted molar refractivity (Wildman–Crippen MR) is 71.3 cm³/mol. The highest BCUT2D eigenvalue weighted by Crippen LogP contribution is 2.14. The number of hydrogen-bond donors (Lipinski definition) is 2. The maximum absolute atomic E-state index is 11.9. The number of rotatable bonds is 8. The molecule has 0 aliphatic rings. The summed E-state index contributed by atoms with van der Waals surface area (Å²) in [5.41, 5.74) is 0. The van der Waals surface area contributed by atoms with Crippen LogP contribution in [0.4, 0.5) is 0 Å². The fourth-order valence-corrected chi connectivity index (χ4v) is 2.45. The lowest BCUT2D eigenvalue weighted by molar-refractivity contribution is 0.414. The summed E-state index contributed by atoms with van der Waals surface area (Å²) in [6.07, 6.45) is 1.03. The van der Waals surface area contributed by atoms with Crippen molar-refractivity contribution in [1.29, 1.82) is 0 Å². The van der Waals surface area contributed by atoms with Crippen molar-refractivity contribution in [3.05, 3.63) is 24.3 Å². The maximum atomic E-state index is 11.9. The first-order chi connectivity index (χ1) is 8.60. The SMILES string of the molecule is CCCNCCNS(=O)(=O)c1ccc(OC)cc1. The molecule has 0 fully saturated rings. The smallest absolute Gasteiger partial charge is 0.240 e. The Morgan fingerprint density at radius 2 is 1.78 bits per heavy atom. The zero-order valence-electron chi connectivity index (χ0n) is 10.8. The van der Waals surface area contributed by atoms with Gasteiger partial charge in [0.25, 0.3) is 0 Å². The van der Waals surface area contributed by atoms with Crippen molar-refractivity contribution in [3.8, 4) is 5.75 Å². The van der Waals surface area contributed by atoms with Gasteiger partial charge in [-0.15, -0.1) is 0 Å². The number of nitrogens with one attached hydrogen (secondary N) is 2. The van der Waals surface area contributed by atoms with E-state index in [2.05, 4.69) is 17.0 Å². The fraction of sp³-hybridized carbons (Fsp3) is 0.500. The standard InChI is InChI=1S/C12H20N2O3S/c1-3-8-13-9-10-14-18(15,16)12-6-4-11(17-2)5-7-12/h4-7,13-14H,3,8-10H2,1-2H3. The highest BCUT2D eigenvalue weighted by molar-refractivity contribution is 7.89. The Kier molecular flexibility index (Phi) is 6.11. The topological polar surface area (TPSA) is 67.4 Å². The number of methoxy groups -OCH3 is 1. The molecule has 18 heavy (non-hydrogen) atoms. The Bertz CT molecular complexity index is 443. The minimum Gasteiger partial charge on any atom is -0.497 e. The first-order valence-corrected chi connectivity index (χ1v) is 7.43. The second-order valence-corrected chi connectivity index (χ2v) is 5.59. The van der Waals surface area contributed by atoms with E-state index in [0.717, 1.165) is 13.0 Å². The number of benzene rings is 1. The van der Waals surface area contributed by atoms with Crippen molar-refractivity contribution < 1.29 is 13.2 Å². The van der Waals surface area contributed by atoms with E-state index in [1.54, 1.807) is 19.2 Å². The van der Waals surface area contributed by atoms with Crippen LogP contribution < -0.4 is 14.8 Å². The second-order valence-electron chi connectivity index (χ2n) is 3.82. The van der Waals surface area contributed by atoms with Gasteiger partial charge in [-0.05, 0) is 37.2 Å². The molecular formula is C12H20N2O3S. The third-order valence-corrected chi connectivity index (χ3v) is 3.87. The second kappa shape index (κ2) is 7.35. The van der Waals surface area contributed by atoms with Gasteiger partial charge in [0.05, 0.1) is 12.0 Å². The molecule has 1 aromatic rings. The average Bonchev–Trinajstić information content (AvgIpc) is 2.38. The summed E-state index contributed by atoms with van der Waals surface area (Å²) in [4.78, 5) is 0.249. The Morgan fingerprint density at radius 1 is 1.11 bits per heavy atom. The summed E-state index contributed by atoms with van der Waals surface area (Å²) in [6, 6.07) is 6.31. The molecule has 5 nitrogen and oxygen atoms in total. The van der Waals surface area contributed by atoms with Gasteiger partial charge in [-0.2, -0.15) is 0 Å². The molecule has 0 atom stereocenters. The molecule has 0 aromatic heterocycles. The molecule has 1 aromatic carbocycles. The van der Waals surface area contributed by atoms with Gasteiger partial charge in [0.15, 0.2) is 0 Å². The lowest BCUT2D eigenvalue weighted by Gasteiger charge is -2.08. The van der Waals surface area contributed by atoms with Crippen molar-refractivity contribution in [1.82, 2.24) is 10.0 Å². The minimum atomic E-state index is -3.42. The summed E-state index contributed by atoms with van der Waals surface area (Å²) < 4.78 is 31.3. The summed E-state index contributed by atoms with van der Waals surface area (Å²) in [7, 11) is -1.88. The van der Waals surface area contributed by atoms with E-state index in [0.29, 0.717) is 18.8 Å². The van der Waals surface area contributed by atoms with Crippen molar-refractivity contribution in [2.24, 2.45) is 0 Å². The lowest BCUT2D eigenvalue weighted by atomic mass is 10.3. The molecule has 1 rings (SSSR count). The van der Waals surface area contributed by atoms with Crippen LogP contribution in [0.2, 0.25) is 0 Å². The van der Waals surface area contributed by atoms with E-state index in [1.165, 1.54) is 12.1 Å². The maximum Gasteiger partial charge on any atom is 0.240 e. The number of hydrogen-bond acceptors (Lipinski definition) is 4. The quantitative estimate of drug-likeness (QED) is 0.692. The summed E-state index contributed by atoms with van der Waals surface area (Å²) >= 11 is 0. The van der Waals surface area contributed by atoms with Crippen molar-refractivity contribution >= 4 is 10.0 Å². The summed E-state index contributed by atoms with van der Waals surface area (Å²) in [6.45, 7) is 3.97. The molecule has 2 N–H and O–H groups in total. The molecule has 6 heteroatoms. The van der Waals surface area contributed by atoms with Crippen LogP contribution in [-0.4, -0.2) is 35.2 Å². The van der Waals surface area contributed by atoms with E-state index >= 15 is 0 Å². The summed E-state index contributed by atoms with van der Waals surface area (Å²) in [5, 5.41) is 3.13. The zero-order chi connectivity index (χ0) is 13.4. The molecule has 0 saturated carbocycles. The Labute approximate surface area is 109 Å². The van der Waals surface area contributed by atoms with Gasteiger partial charge in [0.2, 0.25) is 10.0 Å². The largest absolute Gasteiger partial charge is 0.497 e. The predicted octanol–water partition coefficient (Wildman–Crippen LogP) is 0.973. The van der Waals surface area contributed by atoms with Gasteiger partial charge in [0.1, 0.15) is 5.75 Å². The molecule has 0 radical (unpaired) electrons. The van der Waals surface area contributed by atoms with Crippen molar-refractivity contribution in [2.75, 3.05) is 26.7 Å². The first kappa shape index (κ1) is 14.9. The molecule has 0 aliphatic heterocycles. The molecular weight excluding hydrogens is 252 g/mol. The Hall–Kier alpha value is -1.11. The minimum absolute atomic E-state index is 0.249. The van der Waals surface area contributed by atoms with Crippen molar-refractivity contribution in [3.63, 3.8) is 0 Å². The Balaban J connectivity index is 2.51. The third-order valence-electron chi connectivity index (χ3n) is 2.39. The fourth-order valence-electron chi connectivity index (χ4n) is 1.41. The van der Waals surface area contributed by atoms with Crippen LogP contribution in [0.25, 0.3) is 0 Å².